The van der Waals surface area contributed by atoms with Crippen LogP contribution in [0, 0.1) is 0 Å². The molecule has 4 aromatic carbocycles. The van der Waals surface area contributed by atoms with Gasteiger partial charge in [0.15, 0.2) is 0 Å². The van der Waals surface area contributed by atoms with Gasteiger partial charge in [-0.25, -0.2) is 0 Å². The molecular formula is C23H14F6O6S2. The number of hydrogen-bond acceptors (Lipinski definition) is 4. The second-order valence-corrected chi connectivity index (χ2v) is 10.8. The van der Waals surface area contributed by atoms with Gasteiger partial charge in [0, 0.05) is 0 Å². The van der Waals surface area contributed by atoms with Crippen molar-refractivity contribution in [1.29, 1.82) is 0 Å². The molecule has 14 heteroatoms. The molecule has 37 heavy (non-hydrogen) atoms. The van der Waals surface area contributed by atoms with Crippen molar-refractivity contribution in [1.82, 2.24) is 0 Å². The number of benzene rings is 4. The molecular weight excluding hydrogens is 550 g/mol. The molecule has 0 radical (unpaired) electrons. The number of fused-ring (bicyclic) bond motifs is 2. The second-order valence-electron chi connectivity index (χ2n) is 8.02. The lowest BCUT2D eigenvalue weighted by molar-refractivity contribution is -0.140. The summed E-state index contributed by atoms with van der Waals surface area (Å²) < 4.78 is 152. The molecule has 4 aromatic rings. The number of rotatable bonds is 4. The van der Waals surface area contributed by atoms with E-state index in [2.05, 4.69) is 0 Å². The molecule has 6 nitrogen and oxygen atoms in total. The Morgan fingerprint density at radius 3 is 1.22 bits per heavy atom. The van der Waals surface area contributed by atoms with Crippen molar-refractivity contribution in [2.24, 2.45) is 0 Å². The SMILES string of the molecule is O=S(=O)(O)c1cc2ccccc2c(Cc2c(C(F)(F)F)c(S(=O)(=O)O)cc3ccccc23)c1C(F)(F)F. The Morgan fingerprint density at radius 2 is 0.919 bits per heavy atom. The molecule has 0 aliphatic carbocycles. The third-order valence-electron chi connectivity index (χ3n) is 5.72. The maximum absolute atomic E-state index is 14.3. The van der Waals surface area contributed by atoms with Crippen LogP contribution in [0.25, 0.3) is 21.5 Å². The first-order chi connectivity index (χ1) is 16.9. The zero-order chi connectivity index (χ0) is 27.6. The Labute approximate surface area is 205 Å². The molecule has 0 saturated carbocycles. The molecule has 0 heterocycles. The number of alkyl halides is 6. The Kier molecular flexibility index (Phi) is 6.30. The Morgan fingerprint density at radius 1 is 0.595 bits per heavy atom. The van der Waals surface area contributed by atoms with Crippen LogP contribution in [0.1, 0.15) is 22.3 Å². The van der Waals surface area contributed by atoms with Crippen LogP contribution >= 0.6 is 0 Å². The molecule has 4 rings (SSSR count). The smallest absolute Gasteiger partial charge is 0.282 e. The van der Waals surface area contributed by atoms with Gasteiger partial charge in [-0.3, -0.25) is 9.11 Å². The van der Waals surface area contributed by atoms with Gasteiger partial charge in [0.05, 0.1) is 11.1 Å². The standard InChI is InChI=1S/C23H14F6O6S2/c24-22(25,26)20-16(14-7-3-1-5-12(14)9-18(20)36(30,31)32)11-17-15-8-4-2-6-13(15)10-19(37(33,34)35)21(17)23(27,28)29/h1-10H,11H2,(H,30,31,32)(H,33,34,35). The molecule has 0 aliphatic rings. The Hall–Kier alpha value is -3.20. The van der Waals surface area contributed by atoms with E-state index in [9.17, 15) is 52.3 Å². The van der Waals surface area contributed by atoms with Crippen molar-refractivity contribution in [3.8, 4) is 0 Å². The van der Waals surface area contributed by atoms with Gasteiger partial charge >= 0.3 is 12.4 Å². The fourth-order valence-electron chi connectivity index (χ4n) is 4.36. The van der Waals surface area contributed by atoms with E-state index in [1.807, 2.05) is 0 Å². The maximum Gasteiger partial charge on any atom is 0.418 e. The van der Waals surface area contributed by atoms with Crippen LogP contribution in [0.4, 0.5) is 26.3 Å². The highest BCUT2D eigenvalue weighted by Crippen LogP contribution is 2.45. The van der Waals surface area contributed by atoms with Gasteiger partial charge in [0.25, 0.3) is 20.2 Å². The summed E-state index contributed by atoms with van der Waals surface area (Å²) in [6.45, 7) is 0. The summed E-state index contributed by atoms with van der Waals surface area (Å²) in [5.41, 5.74) is -5.69. The quantitative estimate of drug-likeness (QED) is 0.229. The third-order valence-corrected chi connectivity index (χ3v) is 7.47. The van der Waals surface area contributed by atoms with Gasteiger partial charge in [-0.05, 0) is 51.2 Å². The maximum atomic E-state index is 14.3. The zero-order valence-corrected chi connectivity index (χ0v) is 19.7. The van der Waals surface area contributed by atoms with E-state index in [0.717, 1.165) is 12.1 Å². The zero-order valence-electron chi connectivity index (χ0n) is 18.1. The van der Waals surface area contributed by atoms with Gasteiger partial charge < -0.3 is 0 Å². The molecule has 196 valence electrons. The summed E-state index contributed by atoms with van der Waals surface area (Å²) in [5, 5.41) is -0.836. The van der Waals surface area contributed by atoms with Crippen LogP contribution in [-0.2, 0) is 39.0 Å². The minimum atomic E-state index is -5.51. The van der Waals surface area contributed by atoms with Crippen LogP contribution in [0.2, 0.25) is 0 Å². The third kappa shape index (κ3) is 5.01. The highest BCUT2D eigenvalue weighted by atomic mass is 32.2. The van der Waals surface area contributed by atoms with Crippen molar-refractivity contribution >= 4 is 41.8 Å². The summed E-state index contributed by atoms with van der Waals surface area (Å²) in [4.78, 5) is -3.14. The van der Waals surface area contributed by atoms with E-state index in [-0.39, 0.29) is 21.5 Å². The molecule has 0 atom stereocenters. The van der Waals surface area contributed by atoms with Crippen molar-refractivity contribution < 1.29 is 52.3 Å². The van der Waals surface area contributed by atoms with Crippen molar-refractivity contribution in [2.75, 3.05) is 0 Å². The lowest BCUT2D eigenvalue weighted by Gasteiger charge is -2.22. The first-order valence-electron chi connectivity index (χ1n) is 10.1. The molecule has 0 amide bonds. The minimum absolute atomic E-state index is 0.137. The summed E-state index contributed by atoms with van der Waals surface area (Å²) in [6, 6.07) is 11.0. The van der Waals surface area contributed by atoms with E-state index in [4.69, 9.17) is 0 Å². The summed E-state index contributed by atoms with van der Waals surface area (Å²) in [5.74, 6) is 0. The van der Waals surface area contributed by atoms with Gasteiger partial charge in [-0.1, -0.05) is 48.5 Å². The van der Waals surface area contributed by atoms with E-state index >= 15 is 0 Å². The van der Waals surface area contributed by atoms with Crippen LogP contribution in [-0.4, -0.2) is 25.9 Å². The molecule has 0 saturated heterocycles. The fourth-order valence-corrected chi connectivity index (χ4v) is 5.91. The molecule has 0 bridgehead atoms. The monoisotopic (exact) mass is 564 g/mol. The Bertz CT molecular complexity index is 1640. The first-order valence-corrected chi connectivity index (χ1v) is 13.0. The van der Waals surface area contributed by atoms with Gasteiger partial charge in [-0.15, -0.1) is 0 Å². The molecule has 0 aliphatic heterocycles. The Balaban J connectivity index is 2.26. The predicted molar refractivity (Wildman–Crippen MR) is 120 cm³/mol. The first kappa shape index (κ1) is 26.9. The van der Waals surface area contributed by atoms with Gasteiger partial charge in [0.1, 0.15) is 9.79 Å². The summed E-state index contributed by atoms with van der Waals surface area (Å²) >= 11 is 0. The lowest BCUT2D eigenvalue weighted by Crippen LogP contribution is -2.20. The van der Waals surface area contributed by atoms with E-state index in [1.165, 1.54) is 36.4 Å². The van der Waals surface area contributed by atoms with E-state index < -0.39 is 71.1 Å². The average Bonchev–Trinajstić information content (AvgIpc) is 2.75. The number of hydrogen-bond donors (Lipinski definition) is 2. The molecule has 0 spiro atoms. The van der Waals surface area contributed by atoms with Crippen LogP contribution in [0.3, 0.4) is 0 Å². The predicted octanol–water partition coefficient (Wildman–Crippen LogP) is 6.11. The second kappa shape index (κ2) is 8.68. The van der Waals surface area contributed by atoms with E-state index in [0.29, 0.717) is 12.1 Å². The summed E-state index contributed by atoms with van der Waals surface area (Å²) in [7, 11) is -11.0. The average molecular weight is 564 g/mol. The topological polar surface area (TPSA) is 109 Å². The largest absolute Gasteiger partial charge is 0.418 e. The van der Waals surface area contributed by atoms with Crippen LogP contribution in [0.5, 0.6) is 0 Å². The fraction of sp³-hybridized carbons (Fsp3) is 0.130. The van der Waals surface area contributed by atoms with Crippen molar-refractivity contribution in [3.05, 3.63) is 82.9 Å². The normalized spacial score (nSPS) is 13.4. The molecule has 0 fully saturated rings. The van der Waals surface area contributed by atoms with E-state index in [1.54, 1.807) is 0 Å². The molecule has 0 aromatic heterocycles. The van der Waals surface area contributed by atoms with Crippen molar-refractivity contribution in [3.63, 3.8) is 0 Å². The summed E-state index contributed by atoms with van der Waals surface area (Å²) in [6.07, 6.45) is -12.2. The highest BCUT2D eigenvalue weighted by Gasteiger charge is 2.43. The van der Waals surface area contributed by atoms with Crippen LogP contribution in [0.15, 0.2) is 70.5 Å². The van der Waals surface area contributed by atoms with Crippen molar-refractivity contribution in [2.45, 2.75) is 28.6 Å². The number of halogens is 6. The lowest BCUT2D eigenvalue weighted by atomic mass is 9.88. The molecule has 0 unspecified atom stereocenters. The molecule has 2 N–H and O–H groups in total. The minimum Gasteiger partial charge on any atom is -0.282 e. The van der Waals surface area contributed by atoms with Gasteiger partial charge in [0.2, 0.25) is 0 Å². The van der Waals surface area contributed by atoms with Crippen LogP contribution < -0.4 is 0 Å². The highest BCUT2D eigenvalue weighted by molar-refractivity contribution is 7.86. The van der Waals surface area contributed by atoms with Gasteiger partial charge in [-0.2, -0.15) is 43.2 Å².